The monoisotopic (exact) mass is 400 g/mol. The van der Waals surface area contributed by atoms with Crippen LogP contribution in [0.5, 0.6) is 0 Å². The van der Waals surface area contributed by atoms with E-state index in [-0.39, 0.29) is 18.2 Å². The Morgan fingerprint density at radius 2 is 1.93 bits per heavy atom. The number of fused-ring (bicyclic) bond motifs is 1. The molecular formula is C22H19F3N2O2. The largest absolute Gasteiger partial charge is 0.467 e. The summed E-state index contributed by atoms with van der Waals surface area (Å²) in [5.41, 5.74) is 1.41. The second-order valence-electron chi connectivity index (χ2n) is 6.89. The zero-order valence-electron chi connectivity index (χ0n) is 15.4. The molecule has 0 saturated heterocycles. The molecule has 2 heterocycles. The van der Waals surface area contributed by atoms with Crippen molar-refractivity contribution in [3.63, 3.8) is 0 Å². The summed E-state index contributed by atoms with van der Waals surface area (Å²) >= 11 is 0. The Bertz CT molecular complexity index is 999. The van der Waals surface area contributed by atoms with Crippen molar-refractivity contribution in [3.05, 3.63) is 89.4 Å². The van der Waals surface area contributed by atoms with Crippen molar-refractivity contribution in [1.29, 1.82) is 0 Å². The number of para-hydroxylation sites is 1. The van der Waals surface area contributed by atoms with Gasteiger partial charge in [-0.2, -0.15) is 13.2 Å². The van der Waals surface area contributed by atoms with Crippen molar-refractivity contribution >= 4 is 11.6 Å². The number of halogens is 3. The minimum atomic E-state index is -4.49. The molecule has 0 radical (unpaired) electrons. The Morgan fingerprint density at radius 3 is 2.69 bits per heavy atom. The smallest absolute Gasteiger partial charge is 0.416 e. The number of hydrogen-bond donors (Lipinski definition) is 1. The van der Waals surface area contributed by atoms with Gasteiger partial charge in [0, 0.05) is 24.3 Å². The first kappa shape index (κ1) is 19.1. The summed E-state index contributed by atoms with van der Waals surface area (Å²) in [6.45, 7) is 0.973. The molecule has 1 aromatic heterocycles. The number of nitrogens with one attached hydrogen (secondary N) is 1. The number of hydrogen-bond acceptors (Lipinski definition) is 3. The van der Waals surface area contributed by atoms with E-state index >= 15 is 0 Å². The van der Waals surface area contributed by atoms with E-state index in [2.05, 4.69) is 16.3 Å². The van der Waals surface area contributed by atoms with E-state index in [1.165, 1.54) is 17.7 Å². The number of carbonyl (C=O) groups is 1. The number of alkyl halides is 3. The zero-order chi connectivity index (χ0) is 20.4. The summed E-state index contributed by atoms with van der Waals surface area (Å²) in [4.78, 5) is 14.7. The summed E-state index contributed by atoms with van der Waals surface area (Å²) in [5, 5.41) is 2.77. The van der Waals surface area contributed by atoms with Crippen molar-refractivity contribution in [1.82, 2.24) is 5.32 Å². The maximum atomic E-state index is 12.9. The van der Waals surface area contributed by atoms with Crippen LogP contribution in [0.1, 0.15) is 33.3 Å². The quantitative estimate of drug-likeness (QED) is 0.667. The van der Waals surface area contributed by atoms with Crippen molar-refractivity contribution in [3.8, 4) is 0 Å². The summed E-state index contributed by atoms with van der Waals surface area (Å²) in [5.74, 6) is 0.131. The number of furan rings is 1. The average molecular weight is 400 g/mol. The minimum Gasteiger partial charge on any atom is -0.467 e. The third-order valence-electron chi connectivity index (χ3n) is 5.08. The lowest BCUT2D eigenvalue weighted by Crippen LogP contribution is -2.37. The lowest BCUT2D eigenvalue weighted by Gasteiger charge is -2.29. The Balaban J connectivity index is 1.54. The Hall–Kier alpha value is -3.22. The molecule has 0 fully saturated rings. The van der Waals surface area contributed by atoms with E-state index < -0.39 is 17.6 Å². The van der Waals surface area contributed by atoms with Crippen LogP contribution < -0.4 is 10.2 Å². The highest BCUT2D eigenvalue weighted by atomic mass is 19.4. The molecule has 0 bridgehead atoms. The van der Waals surface area contributed by atoms with Crippen LogP contribution in [0.15, 0.2) is 71.3 Å². The van der Waals surface area contributed by atoms with Crippen LogP contribution in [0.2, 0.25) is 0 Å². The third kappa shape index (κ3) is 3.99. The highest BCUT2D eigenvalue weighted by molar-refractivity contribution is 5.94. The molecule has 7 heteroatoms. The molecule has 0 saturated carbocycles. The van der Waals surface area contributed by atoms with E-state index in [4.69, 9.17) is 4.42 Å². The lowest BCUT2D eigenvalue weighted by molar-refractivity contribution is -0.137. The molecule has 3 aromatic rings. The molecule has 1 atom stereocenters. The average Bonchev–Trinajstić information content (AvgIpc) is 3.38. The van der Waals surface area contributed by atoms with Gasteiger partial charge in [0.05, 0.1) is 11.8 Å². The van der Waals surface area contributed by atoms with E-state index in [0.717, 1.165) is 30.8 Å². The highest BCUT2D eigenvalue weighted by Crippen LogP contribution is 2.35. The fourth-order valence-corrected chi connectivity index (χ4v) is 3.66. The molecule has 1 aliphatic rings. The van der Waals surface area contributed by atoms with Crippen molar-refractivity contribution in [2.24, 2.45) is 0 Å². The van der Waals surface area contributed by atoms with Gasteiger partial charge in [-0.3, -0.25) is 4.79 Å². The predicted molar refractivity (Wildman–Crippen MR) is 103 cm³/mol. The van der Waals surface area contributed by atoms with E-state index in [0.29, 0.717) is 5.76 Å². The summed E-state index contributed by atoms with van der Waals surface area (Å²) < 4.78 is 44.4. The van der Waals surface area contributed by atoms with E-state index in [9.17, 15) is 18.0 Å². The number of carbonyl (C=O) groups excluding carboxylic acids is 1. The predicted octanol–water partition coefficient (Wildman–Crippen LogP) is 4.83. The Morgan fingerprint density at radius 1 is 1.10 bits per heavy atom. The van der Waals surface area contributed by atoms with Gasteiger partial charge < -0.3 is 14.6 Å². The SMILES string of the molecule is O=C(NC[C@@H](c1ccco1)N1CCc2ccccc21)c1cccc(C(F)(F)F)c1. The standard InChI is InChI=1S/C22H19F3N2O2/c23-22(24,25)17-7-3-6-16(13-17)21(28)26-14-19(20-9-4-12-29-20)27-11-10-15-5-1-2-8-18(15)27/h1-9,12-13,19H,10-11,14H2,(H,26,28)/t19-/m0/s1. The van der Waals surface area contributed by atoms with Gasteiger partial charge >= 0.3 is 6.18 Å². The van der Waals surface area contributed by atoms with Gasteiger partial charge in [-0.05, 0) is 48.4 Å². The van der Waals surface area contributed by atoms with E-state index in [1.54, 1.807) is 12.3 Å². The van der Waals surface area contributed by atoms with Gasteiger partial charge in [0.2, 0.25) is 0 Å². The minimum absolute atomic E-state index is 0.0279. The molecule has 1 N–H and O–H groups in total. The normalized spacial score (nSPS) is 14.5. The fraction of sp³-hybridized carbons (Fsp3) is 0.227. The van der Waals surface area contributed by atoms with Gasteiger partial charge in [-0.25, -0.2) is 0 Å². The summed E-state index contributed by atoms with van der Waals surface area (Å²) in [6, 6.07) is 15.8. The molecule has 150 valence electrons. The molecule has 4 nitrogen and oxygen atoms in total. The zero-order valence-corrected chi connectivity index (χ0v) is 15.4. The van der Waals surface area contributed by atoms with Crippen LogP contribution in [0.3, 0.4) is 0 Å². The van der Waals surface area contributed by atoms with Crippen LogP contribution in [-0.2, 0) is 12.6 Å². The lowest BCUT2D eigenvalue weighted by atomic mass is 10.1. The van der Waals surface area contributed by atoms with Gasteiger partial charge in [0.25, 0.3) is 5.91 Å². The first-order valence-corrected chi connectivity index (χ1v) is 9.27. The second kappa shape index (κ2) is 7.66. The molecule has 1 amide bonds. The molecule has 0 aliphatic carbocycles. The molecule has 1 aliphatic heterocycles. The highest BCUT2D eigenvalue weighted by Gasteiger charge is 2.32. The van der Waals surface area contributed by atoms with Crippen molar-refractivity contribution in [2.75, 3.05) is 18.0 Å². The van der Waals surface area contributed by atoms with Crippen molar-refractivity contribution in [2.45, 2.75) is 18.6 Å². The topological polar surface area (TPSA) is 45.5 Å². The summed E-state index contributed by atoms with van der Waals surface area (Å²) in [6.07, 6.45) is -2.04. The maximum absolute atomic E-state index is 12.9. The van der Waals surface area contributed by atoms with Gasteiger partial charge in [-0.15, -0.1) is 0 Å². The molecular weight excluding hydrogens is 381 g/mol. The second-order valence-corrected chi connectivity index (χ2v) is 6.89. The van der Waals surface area contributed by atoms with Crippen LogP contribution in [0, 0.1) is 0 Å². The Labute approximate surface area is 165 Å². The number of amides is 1. The maximum Gasteiger partial charge on any atom is 0.416 e. The van der Waals surface area contributed by atoms with Crippen molar-refractivity contribution < 1.29 is 22.4 Å². The van der Waals surface area contributed by atoms with Gasteiger partial charge in [0.15, 0.2) is 0 Å². The van der Waals surface area contributed by atoms with Crippen LogP contribution in [0.4, 0.5) is 18.9 Å². The van der Waals surface area contributed by atoms with Gasteiger partial charge in [0.1, 0.15) is 11.8 Å². The number of benzene rings is 2. The third-order valence-corrected chi connectivity index (χ3v) is 5.08. The number of rotatable bonds is 5. The molecule has 0 unspecified atom stereocenters. The van der Waals surface area contributed by atoms with E-state index in [1.807, 2.05) is 24.3 Å². The number of anilines is 1. The van der Waals surface area contributed by atoms with Crippen LogP contribution in [-0.4, -0.2) is 19.0 Å². The molecule has 4 rings (SSSR count). The first-order chi connectivity index (χ1) is 13.9. The summed E-state index contributed by atoms with van der Waals surface area (Å²) in [7, 11) is 0. The van der Waals surface area contributed by atoms with Crippen LogP contribution in [0.25, 0.3) is 0 Å². The first-order valence-electron chi connectivity index (χ1n) is 9.27. The van der Waals surface area contributed by atoms with Crippen LogP contribution >= 0.6 is 0 Å². The number of nitrogens with zero attached hydrogens (tertiary/aromatic N) is 1. The molecule has 29 heavy (non-hydrogen) atoms. The molecule has 2 aromatic carbocycles. The fourth-order valence-electron chi connectivity index (χ4n) is 3.66. The Kier molecular flexibility index (Phi) is 5.05. The van der Waals surface area contributed by atoms with Gasteiger partial charge in [-0.1, -0.05) is 24.3 Å². The molecule has 0 spiro atoms.